The molecule has 2 aromatic carbocycles. The molecule has 32 heavy (non-hydrogen) atoms. The van der Waals surface area contributed by atoms with E-state index in [1.54, 1.807) is 50.4 Å². The topological polar surface area (TPSA) is 91.0 Å². The molecule has 0 saturated heterocycles. The number of amides is 1. The molecule has 2 heterocycles. The molecule has 4 rings (SSSR count). The van der Waals surface area contributed by atoms with E-state index in [-0.39, 0.29) is 11.3 Å². The van der Waals surface area contributed by atoms with Gasteiger partial charge < -0.3 is 14.8 Å². The first-order valence-electron chi connectivity index (χ1n) is 9.98. The molecule has 2 unspecified atom stereocenters. The number of aryl methyl sites for hydroxylation is 1. The van der Waals surface area contributed by atoms with Crippen molar-refractivity contribution in [1.82, 2.24) is 4.98 Å². The number of hydrogen-bond acceptors (Lipinski definition) is 6. The van der Waals surface area contributed by atoms with E-state index in [2.05, 4.69) is 15.4 Å². The van der Waals surface area contributed by atoms with Crippen LogP contribution in [-0.4, -0.2) is 27.9 Å². The summed E-state index contributed by atoms with van der Waals surface area (Å²) >= 11 is 0. The highest BCUT2D eigenvalue weighted by molar-refractivity contribution is 6.15. The number of hydrazone groups is 1. The van der Waals surface area contributed by atoms with E-state index in [9.17, 15) is 18.7 Å². The van der Waals surface area contributed by atoms with E-state index in [0.29, 0.717) is 28.6 Å². The van der Waals surface area contributed by atoms with Gasteiger partial charge in [-0.1, -0.05) is 18.2 Å². The molecule has 0 spiro atoms. The maximum atomic E-state index is 13.6. The number of aromatic nitrogens is 1. The summed E-state index contributed by atoms with van der Waals surface area (Å²) in [4.78, 5) is 17.3. The van der Waals surface area contributed by atoms with Crippen LogP contribution in [0.1, 0.15) is 25.2 Å². The molecule has 1 aliphatic rings. The Morgan fingerprint density at radius 2 is 1.94 bits per heavy atom. The summed E-state index contributed by atoms with van der Waals surface area (Å²) in [5.41, 5.74) is 1.64. The summed E-state index contributed by atoms with van der Waals surface area (Å²) in [6, 6.07) is 12.5. The fourth-order valence-electron chi connectivity index (χ4n) is 3.52. The van der Waals surface area contributed by atoms with Gasteiger partial charge >= 0.3 is 0 Å². The lowest BCUT2D eigenvalue weighted by atomic mass is 10.0. The molecule has 7 nitrogen and oxygen atoms in total. The zero-order chi connectivity index (χ0) is 23.0. The summed E-state index contributed by atoms with van der Waals surface area (Å²) in [6.45, 7) is 4.21. The Bertz CT molecular complexity index is 1190. The second kappa shape index (κ2) is 8.16. The highest BCUT2D eigenvalue weighted by atomic mass is 19.3. The molecule has 1 aromatic heterocycles. The molecular formula is C23H22F2N4O3. The summed E-state index contributed by atoms with van der Waals surface area (Å²) in [5.74, 6) is -3.36. The van der Waals surface area contributed by atoms with Crippen molar-refractivity contribution < 1.29 is 23.1 Å². The summed E-state index contributed by atoms with van der Waals surface area (Å²) in [7, 11) is 0. The Balaban J connectivity index is 1.54. The number of benzene rings is 2. The van der Waals surface area contributed by atoms with Gasteiger partial charge in [0, 0.05) is 23.7 Å². The van der Waals surface area contributed by atoms with Crippen molar-refractivity contribution in [3.63, 3.8) is 0 Å². The molecule has 2 atom stereocenters. The third kappa shape index (κ3) is 4.24. The Morgan fingerprint density at radius 1 is 1.19 bits per heavy atom. The predicted molar refractivity (Wildman–Crippen MR) is 116 cm³/mol. The number of aliphatic hydroxyl groups excluding tert-OH is 1. The fourth-order valence-corrected chi connectivity index (χ4v) is 3.52. The number of carbonyl (C=O) groups is 1. The number of oxazole rings is 1. The lowest BCUT2D eigenvalue weighted by Gasteiger charge is -2.21. The normalized spacial score (nSPS) is 17.4. The first kappa shape index (κ1) is 21.6. The van der Waals surface area contributed by atoms with Crippen LogP contribution in [-0.2, 0) is 10.7 Å². The number of hydrogen-bond donors (Lipinski definition) is 2. The Morgan fingerprint density at radius 3 is 2.62 bits per heavy atom. The van der Waals surface area contributed by atoms with Gasteiger partial charge in [-0.15, -0.1) is 0 Å². The molecule has 0 aliphatic carbocycles. The minimum Gasteiger partial charge on any atom is -0.441 e. The third-order valence-electron chi connectivity index (χ3n) is 5.14. The number of anilines is 2. The van der Waals surface area contributed by atoms with Crippen LogP contribution in [0, 0.1) is 12.8 Å². The SMILES string of the molecule is CC1=NN(c2cccc(-c3ncc(C)o3)c2)C(=O)C1C(O)Nc1cccc(C(C)(F)F)c1. The van der Waals surface area contributed by atoms with Crippen molar-refractivity contribution in [1.29, 1.82) is 0 Å². The zero-order valence-electron chi connectivity index (χ0n) is 17.7. The Labute approximate surface area is 183 Å². The first-order valence-corrected chi connectivity index (χ1v) is 9.98. The van der Waals surface area contributed by atoms with E-state index in [4.69, 9.17) is 4.42 Å². The highest BCUT2D eigenvalue weighted by Crippen LogP contribution is 2.31. The van der Waals surface area contributed by atoms with E-state index < -0.39 is 24.0 Å². The van der Waals surface area contributed by atoms with Gasteiger partial charge in [0.25, 0.3) is 11.8 Å². The summed E-state index contributed by atoms with van der Waals surface area (Å²) in [6.07, 6.45) is 0.252. The van der Waals surface area contributed by atoms with Gasteiger partial charge in [0.1, 0.15) is 17.9 Å². The van der Waals surface area contributed by atoms with Crippen LogP contribution in [0.15, 0.2) is 64.2 Å². The molecule has 166 valence electrons. The number of nitrogens with zero attached hydrogens (tertiary/aromatic N) is 3. The fraction of sp³-hybridized carbons (Fsp3) is 0.261. The van der Waals surface area contributed by atoms with Crippen LogP contribution >= 0.6 is 0 Å². The number of carbonyl (C=O) groups excluding carboxylic acids is 1. The number of nitrogens with one attached hydrogen (secondary N) is 1. The monoisotopic (exact) mass is 440 g/mol. The second-order valence-corrected chi connectivity index (χ2v) is 7.75. The van der Waals surface area contributed by atoms with Crippen LogP contribution in [0.3, 0.4) is 0 Å². The second-order valence-electron chi connectivity index (χ2n) is 7.75. The minimum atomic E-state index is -3.02. The van der Waals surface area contributed by atoms with Gasteiger partial charge in [0.15, 0.2) is 0 Å². The Kier molecular flexibility index (Phi) is 5.52. The molecule has 3 aromatic rings. The number of aliphatic hydroxyl groups is 1. The lowest BCUT2D eigenvalue weighted by Crippen LogP contribution is -2.39. The zero-order valence-corrected chi connectivity index (χ0v) is 17.7. The van der Waals surface area contributed by atoms with E-state index >= 15 is 0 Å². The average Bonchev–Trinajstić information content (AvgIpc) is 3.30. The van der Waals surface area contributed by atoms with E-state index in [0.717, 1.165) is 6.92 Å². The van der Waals surface area contributed by atoms with Crippen LogP contribution in [0.5, 0.6) is 0 Å². The van der Waals surface area contributed by atoms with Gasteiger partial charge in [0.05, 0.1) is 17.6 Å². The highest BCUT2D eigenvalue weighted by Gasteiger charge is 2.39. The van der Waals surface area contributed by atoms with Gasteiger partial charge in [-0.2, -0.15) is 5.10 Å². The van der Waals surface area contributed by atoms with Crippen molar-refractivity contribution in [2.24, 2.45) is 11.0 Å². The Hall–Kier alpha value is -3.59. The largest absolute Gasteiger partial charge is 0.441 e. The van der Waals surface area contributed by atoms with Gasteiger partial charge in [-0.25, -0.2) is 18.8 Å². The molecule has 9 heteroatoms. The van der Waals surface area contributed by atoms with Crippen molar-refractivity contribution in [2.75, 3.05) is 10.3 Å². The molecule has 1 amide bonds. The van der Waals surface area contributed by atoms with Crippen molar-refractivity contribution in [3.05, 3.63) is 66.1 Å². The van der Waals surface area contributed by atoms with Crippen LogP contribution < -0.4 is 10.3 Å². The van der Waals surface area contributed by atoms with E-state index in [1.165, 1.54) is 23.2 Å². The standard InChI is InChI=1S/C23H22F2N4O3/c1-13-12-26-21(32-13)15-6-4-9-18(10-15)29-22(31)19(14(2)28-29)20(30)27-17-8-5-7-16(11-17)23(3,24)25/h4-12,19-20,27,30H,1-3H3. The number of alkyl halides is 2. The lowest BCUT2D eigenvalue weighted by molar-refractivity contribution is -0.121. The van der Waals surface area contributed by atoms with Gasteiger partial charge in [-0.3, -0.25) is 4.79 Å². The minimum absolute atomic E-state index is 0.196. The van der Waals surface area contributed by atoms with Crippen LogP contribution in [0.25, 0.3) is 11.5 Å². The van der Waals surface area contributed by atoms with Gasteiger partial charge in [-0.05, 0) is 44.2 Å². The molecule has 0 fully saturated rings. The smallest absolute Gasteiger partial charge is 0.270 e. The van der Waals surface area contributed by atoms with Crippen LogP contribution in [0.4, 0.5) is 20.2 Å². The van der Waals surface area contributed by atoms with Crippen molar-refractivity contribution in [2.45, 2.75) is 32.9 Å². The maximum Gasteiger partial charge on any atom is 0.270 e. The maximum absolute atomic E-state index is 13.6. The third-order valence-corrected chi connectivity index (χ3v) is 5.14. The van der Waals surface area contributed by atoms with Crippen LogP contribution in [0.2, 0.25) is 0 Å². The summed E-state index contributed by atoms with van der Waals surface area (Å²) < 4.78 is 32.8. The van der Waals surface area contributed by atoms with Crippen molar-refractivity contribution in [3.8, 4) is 11.5 Å². The van der Waals surface area contributed by atoms with E-state index in [1.807, 2.05) is 0 Å². The van der Waals surface area contributed by atoms with Gasteiger partial charge in [0.2, 0.25) is 5.89 Å². The average molecular weight is 440 g/mol. The molecule has 2 N–H and O–H groups in total. The predicted octanol–water partition coefficient (Wildman–Crippen LogP) is 4.53. The van der Waals surface area contributed by atoms with Crippen molar-refractivity contribution >= 4 is 23.0 Å². The molecule has 1 aliphatic heterocycles. The first-order chi connectivity index (χ1) is 15.1. The molecule has 0 saturated carbocycles. The number of halogens is 2. The number of rotatable bonds is 6. The quantitative estimate of drug-likeness (QED) is 0.550. The molecule has 0 bridgehead atoms. The molecule has 0 radical (unpaired) electrons. The summed E-state index contributed by atoms with van der Waals surface area (Å²) in [5, 5.41) is 18.9. The molecular weight excluding hydrogens is 418 g/mol.